The number of amides is 1. The Morgan fingerprint density at radius 2 is 1.93 bits per heavy atom. The molecular weight excluding hydrogens is 366 g/mol. The van der Waals surface area contributed by atoms with E-state index in [2.05, 4.69) is 43.4 Å². The minimum Gasteiger partial charge on any atom is -0.310 e. The highest BCUT2D eigenvalue weighted by Gasteiger charge is 2.29. The van der Waals surface area contributed by atoms with Crippen LogP contribution in [0.5, 0.6) is 0 Å². The molecule has 0 atom stereocenters. The molecule has 28 heavy (non-hydrogen) atoms. The van der Waals surface area contributed by atoms with E-state index >= 15 is 0 Å². The van der Waals surface area contributed by atoms with E-state index in [9.17, 15) is 4.79 Å². The normalized spacial score (nSPS) is 21.5. The number of aryl methyl sites for hydroxylation is 1. The van der Waals surface area contributed by atoms with Gasteiger partial charge in [-0.25, -0.2) is 4.68 Å². The first kappa shape index (κ1) is 19.6. The second kappa shape index (κ2) is 8.73. The van der Waals surface area contributed by atoms with Gasteiger partial charge in [0.05, 0.1) is 11.4 Å². The summed E-state index contributed by atoms with van der Waals surface area (Å²) in [5.41, 5.74) is 4.56. The van der Waals surface area contributed by atoms with Crippen molar-refractivity contribution < 1.29 is 4.79 Å². The molecule has 4 nitrogen and oxygen atoms in total. The van der Waals surface area contributed by atoms with Crippen molar-refractivity contribution in [1.29, 1.82) is 0 Å². The van der Waals surface area contributed by atoms with Crippen molar-refractivity contribution in [3.05, 3.63) is 41.1 Å². The number of nitrogens with one attached hydrogen (secondary N) is 1. The topological polar surface area (TPSA) is 46.9 Å². The number of unbranched alkanes of at least 4 members (excludes halogenated alkanes) is 1. The first-order chi connectivity index (χ1) is 13.7. The summed E-state index contributed by atoms with van der Waals surface area (Å²) < 4.78 is 1.94. The third-order valence-corrected chi connectivity index (χ3v) is 7.23. The number of fused-ring (bicyclic) bond motifs is 1. The number of carbonyl (C=O) groups excluding carboxylic acids is 1. The molecule has 0 unspecified atom stereocenters. The van der Waals surface area contributed by atoms with Crippen molar-refractivity contribution in [3.8, 4) is 5.69 Å². The molecule has 1 amide bonds. The molecule has 1 aromatic heterocycles. The molecule has 2 heterocycles. The van der Waals surface area contributed by atoms with Crippen LogP contribution in [0.4, 0.5) is 5.82 Å². The standard InChI is InChI=1S/C23H31N3OS/c1-3-4-5-17-8-10-18(11-9-17)23(27)24-22-20-14-28-15-21(20)25-26(22)19-12-6-16(2)7-13-19/h6-7,12-13,17-18H,3-5,8-11,14-15H2,1-2H3,(H,24,27). The summed E-state index contributed by atoms with van der Waals surface area (Å²) in [6, 6.07) is 8.36. The zero-order valence-corrected chi connectivity index (χ0v) is 17.9. The van der Waals surface area contributed by atoms with Crippen LogP contribution in [0.25, 0.3) is 5.69 Å². The maximum Gasteiger partial charge on any atom is 0.228 e. The van der Waals surface area contributed by atoms with Gasteiger partial charge in [-0.3, -0.25) is 4.79 Å². The average molecular weight is 398 g/mol. The van der Waals surface area contributed by atoms with Gasteiger partial charge in [-0.2, -0.15) is 16.9 Å². The first-order valence-corrected chi connectivity index (χ1v) is 11.9. The van der Waals surface area contributed by atoms with Gasteiger partial charge >= 0.3 is 0 Å². The van der Waals surface area contributed by atoms with Gasteiger partial charge in [-0.1, -0.05) is 43.9 Å². The second-order valence-electron chi connectivity index (χ2n) is 8.36. The maximum absolute atomic E-state index is 13.1. The lowest BCUT2D eigenvalue weighted by Gasteiger charge is -2.27. The van der Waals surface area contributed by atoms with Crippen LogP contribution in [-0.4, -0.2) is 15.7 Å². The number of carbonyl (C=O) groups is 1. The minimum atomic E-state index is 0.143. The zero-order chi connectivity index (χ0) is 19.5. The highest BCUT2D eigenvalue weighted by molar-refractivity contribution is 7.98. The van der Waals surface area contributed by atoms with Crippen LogP contribution < -0.4 is 5.32 Å². The molecule has 2 aliphatic rings. The molecule has 2 aromatic rings. The molecule has 0 spiro atoms. The van der Waals surface area contributed by atoms with Crippen molar-refractivity contribution in [2.75, 3.05) is 5.32 Å². The summed E-state index contributed by atoms with van der Waals surface area (Å²) in [5, 5.41) is 8.10. The number of anilines is 1. The van der Waals surface area contributed by atoms with E-state index in [-0.39, 0.29) is 11.8 Å². The lowest BCUT2D eigenvalue weighted by Crippen LogP contribution is -2.28. The molecule has 0 bridgehead atoms. The van der Waals surface area contributed by atoms with Crippen molar-refractivity contribution in [1.82, 2.24) is 9.78 Å². The van der Waals surface area contributed by atoms with Gasteiger partial charge in [0.2, 0.25) is 5.91 Å². The Morgan fingerprint density at radius 1 is 1.18 bits per heavy atom. The number of aromatic nitrogens is 2. The summed E-state index contributed by atoms with van der Waals surface area (Å²) >= 11 is 1.87. The van der Waals surface area contributed by atoms with E-state index in [0.717, 1.165) is 47.5 Å². The Bertz CT molecular complexity index is 819. The molecule has 5 heteroatoms. The van der Waals surface area contributed by atoms with Crippen LogP contribution in [0.3, 0.4) is 0 Å². The number of nitrogens with zero attached hydrogens (tertiary/aromatic N) is 2. The molecule has 1 N–H and O–H groups in total. The quantitative estimate of drug-likeness (QED) is 0.664. The van der Waals surface area contributed by atoms with Gasteiger partial charge in [0.25, 0.3) is 0 Å². The minimum absolute atomic E-state index is 0.143. The SMILES string of the molecule is CCCCC1CCC(C(=O)Nc2c3c(nn2-c2ccc(C)cc2)CSC3)CC1. The maximum atomic E-state index is 13.1. The second-order valence-corrected chi connectivity index (χ2v) is 9.35. The van der Waals surface area contributed by atoms with Gasteiger partial charge in [-0.05, 0) is 50.7 Å². The fourth-order valence-corrected chi connectivity index (χ4v) is 5.47. The van der Waals surface area contributed by atoms with Crippen molar-refractivity contribution in [2.45, 2.75) is 70.3 Å². The van der Waals surface area contributed by atoms with E-state index in [1.165, 1.54) is 43.2 Å². The Labute approximate surface area is 172 Å². The molecular formula is C23H31N3OS. The van der Waals surface area contributed by atoms with E-state index in [1.807, 2.05) is 16.4 Å². The highest BCUT2D eigenvalue weighted by atomic mass is 32.2. The summed E-state index contributed by atoms with van der Waals surface area (Å²) in [6.45, 7) is 4.34. The zero-order valence-electron chi connectivity index (χ0n) is 17.0. The third kappa shape index (κ3) is 4.14. The van der Waals surface area contributed by atoms with Crippen molar-refractivity contribution >= 4 is 23.5 Å². The number of hydrogen-bond acceptors (Lipinski definition) is 3. The van der Waals surface area contributed by atoms with Crippen LogP contribution in [0.2, 0.25) is 0 Å². The fraction of sp³-hybridized carbons (Fsp3) is 0.565. The lowest BCUT2D eigenvalue weighted by atomic mass is 9.79. The number of benzene rings is 1. The van der Waals surface area contributed by atoms with E-state index in [4.69, 9.17) is 5.10 Å². The molecule has 4 rings (SSSR count). The van der Waals surface area contributed by atoms with E-state index < -0.39 is 0 Å². The van der Waals surface area contributed by atoms with E-state index in [0.29, 0.717) is 0 Å². The summed E-state index contributed by atoms with van der Waals surface area (Å²) in [7, 11) is 0. The van der Waals surface area contributed by atoms with Crippen LogP contribution in [0, 0.1) is 18.8 Å². The first-order valence-electron chi connectivity index (χ1n) is 10.7. The van der Waals surface area contributed by atoms with Crippen LogP contribution in [0.1, 0.15) is 68.7 Å². The molecule has 150 valence electrons. The number of hydrogen-bond donors (Lipinski definition) is 1. The Morgan fingerprint density at radius 3 is 2.64 bits per heavy atom. The predicted molar refractivity (Wildman–Crippen MR) is 117 cm³/mol. The Balaban J connectivity index is 1.49. The number of rotatable bonds is 6. The summed E-state index contributed by atoms with van der Waals surface area (Å²) in [5.74, 6) is 3.90. The molecule has 1 aliphatic carbocycles. The van der Waals surface area contributed by atoms with Crippen molar-refractivity contribution in [3.63, 3.8) is 0 Å². The van der Waals surface area contributed by atoms with Crippen LogP contribution in [-0.2, 0) is 16.3 Å². The smallest absolute Gasteiger partial charge is 0.228 e. The third-order valence-electron chi connectivity index (χ3n) is 6.26. The molecule has 0 saturated heterocycles. The van der Waals surface area contributed by atoms with Gasteiger partial charge < -0.3 is 5.32 Å². The predicted octanol–water partition coefficient (Wildman–Crippen LogP) is 5.86. The summed E-state index contributed by atoms with van der Waals surface area (Å²) in [6.07, 6.45) is 8.36. The van der Waals surface area contributed by atoms with Gasteiger partial charge in [-0.15, -0.1) is 0 Å². The Kier molecular flexibility index (Phi) is 6.10. The van der Waals surface area contributed by atoms with Gasteiger partial charge in [0.1, 0.15) is 5.82 Å². The summed E-state index contributed by atoms with van der Waals surface area (Å²) in [4.78, 5) is 13.1. The highest BCUT2D eigenvalue weighted by Crippen LogP contribution is 2.37. The molecule has 0 radical (unpaired) electrons. The Hall–Kier alpha value is -1.75. The van der Waals surface area contributed by atoms with Gasteiger partial charge in [0.15, 0.2) is 0 Å². The van der Waals surface area contributed by atoms with E-state index in [1.54, 1.807) is 0 Å². The van der Waals surface area contributed by atoms with Gasteiger partial charge in [0, 0.05) is 23.0 Å². The van der Waals surface area contributed by atoms with Crippen molar-refractivity contribution in [2.24, 2.45) is 11.8 Å². The van der Waals surface area contributed by atoms with Crippen LogP contribution in [0.15, 0.2) is 24.3 Å². The molecule has 1 saturated carbocycles. The molecule has 1 aromatic carbocycles. The lowest BCUT2D eigenvalue weighted by molar-refractivity contribution is -0.121. The molecule has 1 fully saturated rings. The fourth-order valence-electron chi connectivity index (χ4n) is 4.44. The largest absolute Gasteiger partial charge is 0.310 e. The average Bonchev–Trinajstić information content (AvgIpc) is 3.30. The van der Waals surface area contributed by atoms with Crippen LogP contribution >= 0.6 is 11.8 Å². The number of thioether (sulfide) groups is 1. The molecule has 1 aliphatic heterocycles. The monoisotopic (exact) mass is 397 g/mol.